The fraction of sp³-hybridized carbons (Fsp3) is 0.474. The maximum atomic E-state index is 14.4. The number of H-pyrrole nitrogens is 1. The van der Waals surface area contributed by atoms with Crippen LogP contribution in [-0.2, 0) is 6.54 Å². The average molecular weight is 358 g/mol. The van der Waals surface area contributed by atoms with Gasteiger partial charge in [0.25, 0.3) is 5.91 Å². The number of carbonyl (C=O) groups excluding carboxylic acids is 1. The summed E-state index contributed by atoms with van der Waals surface area (Å²) >= 11 is 0. The molecule has 138 valence electrons. The molecule has 0 atom stereocenters. The number of amides is 1. The number of anilines is 1. The Morgan fingerprint density at radius 1 is 1.27 bits per heavy atom. The Hall–Kier alpha value is -2.41. The second kappa shape index (κ2) is 7.07. The second-order valence-corrected chi connectivity index (χ2v) is 7.17. The van der Waals surface area contributed by atoms with E-state index < -0.39 is 0 Å². The predicted molar refractivity (Wildman–Crippen MR) is 95.6 cm³/mol. The SMILES string of the molecule is O=C(NCc1ccc(N2CCC(O)CC2)c(F)c1)c1cc(C2CC2)[nH]n1. The van der Waals surface area contributed by atoms with E-state index in [1.54, 1.807) is 12.1 Å². The Morgan fingerprint density at radius 2 is 2.04 bits per heavy atom. The third-order valence-electron chi connectivity index (χ3n) is 5.12. The highest BCUT2D eigenvalue weighted by molar-refractivity contribution is 5.92. The molecular weight excluding hydrogens is 335 g/mol. The van der Waals surface area contributed by atoms with Gasteiger partial charge in [-0.05, 0) is 49.4 Å². The van der Waals surface area contributed by atoms with Gasteiger partial charge in [-0.3, -0.25) is 9.89 Å². The molecule has 0 bridgehead atoms. The third kappa shape index (κ3) is 3.72. The molecule has 0 unspecified atom stereocenters. The normalized spacial score (nSPS) is 18.2. The standard InChI is InChI=1S/C19H23FN4O2/c20-15-9-12(1-4-18(15)24-7-5-14(25)6-8-24)11-21-19(26)17-10-16(22-23-17)13-2-3-13/h1,4,9-10,13-14,25H,2-3,5-8,11H2,(H,21,26)(H,22,23). The van der Waals surface area contributed by atoms with E-state index in [0.29, 0.717) is 48.8 Å². The molecule has 1 aromatic carbocycles. The van der Waals surface area contributed by atoms with Crippen LogP contribution < -0.4 is 10.2 Å². The van der Waals surface area contributed by atoms with Crippen molar-refractivity contribution >= 4 is 11.6 Å². The van der Waals surface area contributed by atoms with Crippen molar-refractivity contribution in [3.8, 4) is 0 Å². The maximum Gasteiger partial charge on any atom is 0.272 e. The molecule has 4 rings (SSSR count). The molecule has 2 aromatic rings. The second-order valence-electron chi connectivity index (χ2n) is 7.17. The van der Waals surface area contributed by atoms with Crippen molar-refractivity contribution in [3.63, 3.8) is 0 Å². The number of hydrogen-bond acceptors (Lipinski definition) is 4. The number of nitrogens with one attached hydrogen (secondary N) is 2. The highest BCUT2D eigenvalue weighted by atomic mass is 19.1. The first-order valence-corrected chi connectivity index (χ1v) is 9.15. The number of halogens is 1. The molecule has 6 nitrogen and oxygen atoms in total. The summed E-state index contributed by atoms with van der Waals surface area (Å²) in [5, 5.41) is 19.3. The molecule has 2 heterocycles. The van der Waals surface area contributed by atoms with Crippen molar-refractivity contribution in [3.05, 3.63) is 47.0 Å². The molecule has 1 aliphatic carbocycles. The number of aromatic amines is 1. The van der Waals surface area contributed by atoms with Crippen LogP contribution in [0, 0.1) is 5.82 Å². The zero-order valence-electron chi connectivity index (χ0n) is 14.5. The summed E-state index contributed by atoms with van der Waals surface area (Å²) in [4.78, 5) is 14.1. The molecule has 1 amide bonds. The van der Waals surface area contributed by atoms with Crippen LogP contribution in [-0.4, -0.2) is 40.4 Å². The van der Waals surface area contributed by atoms with Gasteiger partial charge in [0.2, 0.25) is 0 Å². The van der Waals surface area contributed by atoms with Crippen LogP contribution in [0.4, 0.5) is 10.1 Å². The number of hydrogen-bond donors (Lipinski definition) is 3. The topological polar surface area (TPSA) is 81.3 Å². The minimum atomic E-state index is -0.302. The lowest BCUT2D eigenvalue weighted by Gasteiger charge is -2.31. The van der Waals surface area contributed by atoms with Crippen LogP contribution in [0.5, 0.6) is 0 Å². The van der Waals surface area contributed by atoms with E-state index in [-0.39, 0.29) is 24.4 Å². The van der Waals surface area contributed by atoms with Gasteiger partial charge in [-0.2, -0.15) is 5.10 Å². The molecule has 2 aliphatic rings. The Morgan fingerprint density at radius 3 is 2.73 bits per heavy atom. The van der Waals surface area contributed by atoms with Crippen molar-refractivity contribution in [2.45, 2.75) is 44.2 Å². The van der Waals surface area contributed by atoms with Crippen molar-refractivity contribution in [2.75, 3.05) is 18.0 Å². The van der Waals surface area contributed by atoms with Crippen LogP contribution in [0.1, 0.15) is 53.3 Å². The van der Waals surface area contributed by atoms with Crippen LogP contribution in [0.2, 0.25) is 0 Å². The fourth-order valence-electron chi connectivity index (χ4n) is 3.35. The molecule has 2 fully saturated rings. The largest absolute Gasteiger partial charge is 0.393 e. The van der Waals surface area contributed by atoms with E-state index in [4.69, 9.17) is 0 Å². The van der Waals surface area contributed by atoms with Gasteiger partial charge in [0.05, 0.1) is 11.8 Å². The van der Waals surface area contributed by atoms with Gasteiger partial charge in [-0.1, -0.05) is 6.07 Å². The molecular formula is C19H23FN4O2. The molecule has 0 spiro atoms. The predicted octanol–water partition coefficient (Wildman–Crippen LogP) is 2.32. The lowest BCUT2D eigenvalue weighted by Crippen LogP contribution is -2.36. The first-order chi connectivity index (χ1) is 12.6. The lowest BCUT2D eigenvalue weighted by molar-refractivity contribution is 0.0946. The van der Waals surface area contributed by atoms with E-state index in [1.165, 1.54) is 6.07 Å². The minimum absolute atomic E-state index is 0.250. The number of carbonyl (C=O) groups is 1. The van der Waals surface area contributed by atoms with Gasteiger partial charge >= 0.3 is 0 Å². The fourth-order valence-corrected chi connectivity index (χ4v) is 3.35. The lowest BCUT2D eigenvalue weighted by atomic mass is 10.1. The van der Waals surface area contributed by atoms with Gasteiger partial charge < -0.3 is 15.3 Å². The Balaban J connectivity index is 1.35. The number of piperidine rings is 1. The first kappa shape index (κ1) is 17.0. The van der Waals surface area contributed by atoms with Crippen molar-refractivity contribution < 1.29 is 14.3 Å². The highest BCUT2D eigenvalue weighted by Gasteiger charge is 2.26. The summed E-state index contributed by atoms with van der Waals surface area (Å²) in [6.45, 7) is 1.55. The summed E-state index contributed by atoms with van der Waals surface area (Å²) in [6, 6.07) is 6.82. The van der Waals surface area contributed by atoms with Gasteiger partial charge in [0.1, 0.15) is 11.5 Å². The van der Waals surface area contributed by atoms with E-state index in [2.05, 4.69) is 15.5 Å². The quantitative estimate of drug-likeness (QED) is 0.766. The Bertz CT molecular complexity index is 795. The number of aliphatic hydroxyl groups excluding tert-OH is 1. The Labute approximate surface area is 151 Å². The molecule has 1 saturated carbocycles. The summed E-state index contributed by atoms with van der Waals surface area (Å²) in [6.07, 6.45) is 3.31. The molecule has 3 N–H and O–H groups in total. The highest BCUT2D eigenvalue weighted by Crippen LogP contribution is 2.39. The molecule has 1 aromatic heterocycles. The average Bonchev–Trinajstić information content (AvgIpc) is 3.37. The Kier molecular flexibility index (Phi) is 4.63. The van der Waals surface area contributed by atoms with E-state index >= 15 is 0 Å². The van der Waals surface area contributed by atoms with Crippen molar-refractivity contribution in [2.24, 2.45) is 0 Å². The van der Waals surface area contributed by atoms with E-state index in [9.17, 15) is 14.3 Å². The van der Waals surface area contributed by atoms with Crippen molar-refractivity contribution in [1.82, 2.24) is 15.5 Å². The zero-order valence-corrected chi connectivity index (χ0v) is 14.5. The number of aromatic nitrogens is 2. The molecule has 1 aliphatic heterocycles. The molecule has 26 heavy (non-hydrogen) atoms. The van der Waals surface area contributed by atoms with E-state index in [1.807, 2.05) is 11.0 Å². The zero-order chi connectivity index (χ0) is 18.1. The van der Waals surface area contributed by atoms with Gasteiger partial charge in [0, 0.05) is 31.2 Å². The number of aliphatic hydroxyl groups is 1. The summed E-state index contributed by atoms with van der Waals surface area (Å²) < 4.78 is 14.4. The summed E-state index contributed by atoms with van der Waals surface area (Å²) in [5.41, 5.74) is 2.64. The van der Waals surface area contributed by atoms with Crippen LogP contribution >= 0.6 is 0 Å². The molecule has 0 radical (unpaired) electrons. The van der Waals surface area contributed by atoms with Gasteiger partial charge in [-0.15, -0.1) is 0 Å². The van der Waals surface area contributed by atoms with Crippen LogP contribution in [0.15, 0.2) is 24.3 Å². The van der Waals surface area contributed by atoms with Gasteiger partial charge in [0.15, 0.2) is 0 Å². The first-order valence-electron chi connectivity index (χ1n) is 9.15. The molecule has 7 heteroatoms. The van der Waals surface area contributed by atoms with Crippen LogP contribution in [0.25, 0.3) is 0 Å². The van der Waals surface area contributed by atoms with E-state index in [0.717, 1.165) is 18.5 Å². The molecule has 1 saturated heterocycles. The maximum absolute atomic E-state index is 14.4. The smallest absolute Gasteiger partial charge is 0.272 e. The third-order valence-corrected chi connectivity index (χ3v) is 5.12. The van der Waals surface area contributed by atoms with Crippen molar-refractivity contribution in [1.29, 1.82) is 0 Å². The number of benzene rings is 1. The minimum Gasteiger partial charge on any atom is -0.393 e. The van der Waals surface area contributed by atoms with Crippen LogP contribution in [0.3, 0.4) is 0 Å². The summed E-state index contributed by atoms with van der Waals surface area (Å²) in [7, 11) is 0. The van der Waals surface area contributed by atoms with Gasteiger partial charge in [-0.25, -0.2) is 4.39 Å². The summed E-state index contributed by atoms with van der Waals surface area (Å²) in [5.74, 6) is -0.0480. The number of rotatable bonds is 5. The monoisotopic (exact) mass is 358 g/mol. The number of nitrogens with zero attached hydrogens (tertiary/aromatic N) is 2.